The molecule has 2 amide bonds. The molecule has 0 spiro atoms. The topological polar surface area (TPSA) is 106 Å². The number of aromatic nitrogens is 1. The summed E-state index contributed by atoms with van der Waals surface area (Å²) in [6, 6.07) is 11.9. The molecule has 0 saturated heterocycles. The molecule has 1 aliphatic heterocycles. The second-order valence-corrected chi connectivity index (χ2v) is 7.73. The van der Waals surface area contributed by atoms with Gasteiger partial charge in [-0.2, -0.15) is 5.26 Å². The van der Waals surface area contributed by atoms with Gasteiger partial charge in [0.15, 0.2) is 0 Å². The summed E-state index contributed by atoms with van der Waals surface area (Å²) in [5.74, 6) is 0.410. The molecule has 2 N–H and O–H groups in total. The number of anilines is 1. The van der Waals surface area contributed by atoms with Crippen LogP contribution in [0.15, 0.2) is 53.7 Å². The molecule has 1 aromatic heterocycles. The van der Waals surface area contributed by atoms with Crippen LogP contribution in [0.3, 0.4) is 0 Å². The van der Waals surface area contributed by atoms with Gasteiger partial charge in [0.1, 0.15) is 23.0 Å². The van der Waals surface area contributed by atoms with Crippen LogP contribution in [0.2, 0.25) is 0 Å². The van der Waals surface area contributed by atoms with Gasteiger partial charge in [-0.1, -0.05) is 12.1 Å². The lowest BCUT2D eigenvalue weighted by Gasteiger charge is -2.26. The molecule has 7 nitrogen and oxygen atoms in total. The summed E-state index contributed by atoms with van der Waals surface area (Å²) in [6.45, 7) is 4.09. The number of benzene rings is 1. The molecule has 3 rings (SSSR count). The highest BCUT2D eigenvalue weighted by molar-refractivity contribution is 8.00. The molecule has 1 aliphatic rings. The Morgan fingerprint density at radius 3 is 2.62 bits per heavy atom. The fourth-order valence-corrected chi connectivity index (χ4v) is 4.10. The molecule has 1 aromatic carbocycles. The Bertz CT molecular complexity index is 994. The van der Waals surface area contributed by atoms with Crippen molar-refractivity contribution in [1.29, 1.82) is 5.26 Å². The van der Waals surface area contributed by atoms with Crippen LogP contribution in [0.1, 0.15) is 25.0 Å². The molecule has 2 heterocycles. The molecule has 0 saturated carbocycles. The van der Waals surface area contributed by atoms with Crippen molar-refractivity contribution in [2.45, 2.75) is 25.8 Å². The van der Waals surface area contributed by atoms with Crippen molar-refractivity contribution in [3.8, 4) is 11.8 Å². The van der Waals surface area contributed by atoms with Crippen molar-refractivity contribution in [2.24, 2.45) is 0 Å². The fourth-order valence-electron chi connectivity index (χ4n) is 2.94. The molecule has 8 heteroatoms. The van der Waals surface area contributed by atoms with E-state index in [2.05, 4.69) is 10.3 Å². The van der Waals surface area contributed by atoms with Gasteiger partial charge >= 0.3 is 0 Å². The normalized spacial score (nSPS) is 16.1. The van der Waals surface area contributed by atoms with E-state index in [1.807, 2.05) is 13.0 Å². The number of rotatable bonds is 6. The Morgan fingerprint density at radius 1 is 1.28 bits per heavy atom. The molecule has 29 heavy (non-hydrogen) atoms. The van der Waals surface area contributed by atoms with Crippen LogP contribution in [-0.4, -0.2) is 37.9 Å². The van der Waals surface area contributed by atoms with Gasteiger partial charge < -0.3 is 15.3 Å². The Hall–Kier alpha value is -3.31. The molecule has 1 atom stereocenters. The summed E-state index contributed by atoms with van der Waals surface area (Å²) in [5.41, 5.74) is 2.94. The van der Waals surface area contributed by atoms with Gasteiger partial charge in [0.25, 0.3) is 5.91 Å². The van der Waals surface area contributed by atoms with E-state index in [0.29, 0.717) is 23.5 Å². The number of carbonyl (C=O) groups excluding carboxylic acids is 2. The highest BCUT2D eigenvalue weighted by atomic mass is 32.2. The molecule has 1 unspecified atom stereocenters. The zero-order chi connectivity index (χ0) is 21.0. The summed E-state index contributed by atoms with van der Waals surface area (Å²) >= 11 is 1.37. The molecule has 2 aromatic rings. The van der Waals surface area contributed by atoms with E-state index in [9.17, 15) is 14.7 Å². The highest BCUT2D eigenvalue weighted by Gasteiger charge is 2.35. The minimum absolute atomic E-state index is 0.0535. The lowest BCUT2D eigenvalue weighted by molar-refractivity contribution is -0.126. The fraction of sp³-hybridized carbons (Fsp3) is 0.238. The van der Waals surface area contributed by atoms with Crippen molar-refractivity contribution < 1.29 is 14.7 Å². The van der Waals surface area contributed by atoms with E-state index in [-0.39, 0.29) is 28.7 Å². The van der Waals surface area contributed by atoms with E-state index in [1.165, 1.54) is 18.0 Å². The lowest BCUT2D eigenvalue weighted by atomic mass is 10.2. The second-order valence-electron chi connectivity index (χ2n) is 6.66. The van der Waals surface area contributed by atoms with Crippen molar-refractivity contribution in [3.63, 3.8) is 0 Å². The SMILES string of the molecule is CC1=C(C)C(SCC(=O)Nc2ccc(C#N)cn2)N(Cc2ccc(O)cc2)C1=O. The van der Waals surface area contributed by atoms with Crippen molar-refractivity contribution in [1.82, 2.24) is 9.88 Å². The van der Waals surface area contributed by atoms with Crippen LogP contribution in [0.25, 0.3) is 0 Å². The largest absolute Gasteiger partial charge is 0.508 e. The average Bonchev–Trinajstić information content (AvgIpc) is 2.92. The molecule has 0 fully saturated rings. The number of phenols is 1. The minimum Gasteiger partial charge on any atom is -0.508 e. The number of thioether (sulfide) groups is 1. The third-order valence-electron chi connectivity index (χ3n) is 4.65. The van der Waals surface area contributed by atoms with E-state index < -0.39 is 0 Å². The summed E-state index contributed by atoms with van der Waals surface area (Å²) in [5, 5.41) is 20.7. The van der Waals surface area contributed by atoms with E-state index in [4.69, 9.17) is 5.26 Å². The van der Waals surface area contributed by atoms with Gasteiger partial charge in [-0.3, -0.25) is 9.59 Å². The number of nitrogens with zero attached hydrogens (tertiary/aromatic N) is 3. The van der Waals surface area contributed by atoms with Crippen molar-refractivity contribution >= 4 is 29.4 Å². The zero-order valence-corrected chi connectivity index (χ0v) is 16.9. The molecule has 0 radical (unpaired) electrons. The van der Waals surface area contributed by atoms with E-state index in [1.54, 1.807) is 48.2 Å². The number of carbonyl (C=O) groups is 2. The predicted octanol–water partition coefficient (Wildman–Crippen LogP) is 3.04. The molecular weight excluding hydrogens is 388 g/mol. The van der Waals surface area contributed by atoms with Gasteiger partial charge in [0, 0.05) is 18.3 Å². The Morgan fingerprint density at radius 2 is 2.00 bits per heavy atom. The van der Waals surface area contributed by atoms with E-state index >= 15 is 0 Å². The first-order valence-electron chi connectivity index (χ1n) is 8.93. The van der Waals surface area contributed by atoms with Crippen molar-refractivity contribution in [2.75, 3.05) is 11.1 Å². The van der Waals surface area contributed by atoms with Gasteiger partial charge in [-0.05, 0) is 49.2 Å². The van der Waals surface area contributed by atoms with Crippen LogP contribution < -0.4 is 5.32 Å². The van der Waals surface area contributed by atoms with Crippen LogP contribution in [0.4, 0.5) is 5.82 Å². The van der Waals surface area contributed by atoms with Gasteiger partial charge in [0.05, 0.1) is 11.3 Å². The maximum absolute atomic E-state index is 12.7. The van der Waals surface area contributed by atoms with Crippen LogP contribution in [0.5, 0.6) is 5.75 Å². The van der Waals surface area contributed by atoms with Crippen LogP contribution in [0, 0.1) is 11.3 Å². The van der Waals surface area contributed by atoms with Crippen molar-refractivity contribution in [3.05, 3.63) is 64.9 Å². The number of nitriles is 1. The Labute approximate surface area is 173 Å². The second kappa shape index (κ2) is 8.80. The molecule has 148 valence electrons. The minimum atomic E-state index is -0.240. The number of phenolic OH excluding ortho intramolecular Hbond substituents is 1. The predicted molar refractivity (Wildman–Crippen MR) is 111 cm³/mol. The summed E-state index contributed by atoms with van der Waals surface area (Å²) in [4.78, 5) is 30.7. The zero-order valence-electron chi connectivity index (χ0n) is 16.0. The number of nitrogens with one attached hydrogen (secondary N) is 1. The quantitative estimate of drug-likeness (QED) is 0.761. The highest BCUT2D eigenvalue weighted by Crippen LogP contribution is 2.34. The number of amides is 2. The third kappa shape index (κ3) is 4.76. The average molecular weight is 408 g/mol. The summed E-state index contributed by atoms with van der Waals surface area (Å²) < 4.78 is 0. The smallest absolute Gasteiger partial charge is 0.251 e. The maximum Gasteiger partial charge on any atom is 0.251 e. The monoisotopic (exact) mass is 408 g/mol. The lowest BCUT2D eigenvalue weighted by Crippen LogP contribution is -2.34. The first-order valence-corrected chi connectivity index (χ1v) is 9.97. The molecule has 0 aliphatic carbocycles. The maximum atomic E-state index is 12.7. The number of hydrogen-bond donors (Lipinski definition) is 2. The number of pyridine rings is 1. The third-order valence-corrected chi connectivity index (χ3v) is 6.00. The first-order chi connectivity index (χ1) is 13.9. The summed E-state index contributed by atoms with van der Waals surface area (Å²) in [6.07, 6.45) is 1.40. The van der Waals surface area contributed by atoms with Gasteiger partial charge in [-0.15, -0.1) is 11.8 Å². The van der Waals surface area contributed by atoms with Crippen LogP contribution in [-0.2, 0) is 16.1 Å². The molecule has 0 bridgehead atoms. The van der Waals surface area contributed by atoms with Gasteiger partial charge in [0.2, 0.25) is 5.91 Å². The number of hydrogen-bond acceptors (Lipinski definition) is 6. The Balaban J connectivity index is 1.64. The first kappa shape index (κ1) is 20.4. The molecular formula is C21H20N4O3S. The number of aromatic hydroxyl groups is 1. The standard InChI is InChI=1S/C21H20N4O3S/c1-13-14(2)21(25(20(13)28)11-15-3-6-17(26)7-4-15)29-12-19(27)24-18-8-5-16(9-22)10-23-18/h3-8,10,21,26H,11-12H2,1-2H3,(H,23,24,27). The Kier molecular flexibility index (Phi) is 6.20. The van der Waals surface area contributed by atoms with E-state index in [0.717, 1.165) is 11.1 Å². The summed E-state index contributed by atoms with van der Waals surface area (Å²) in [7, 11) is 0. The van der Waals surface area contributed by atoms with Crippen LogP contribution >= 0.6 is 11.8 Å². The van der Waals surface area contributed by atoms with Gasteiger partial charge in [-0.25, -0.2) is 4.98 Å².